The Bertz CT molecular complexity index is 381. The predicted molar refractivity (Wildman–Crippen MR) is 84.4 cm³/mol. The van der Waals surface area contributed by atoms with Crippen LogP contribution in [0.4, 0.5) is 4.39 Å². The summed E-state index contributed by atoms with van der Waals surface area (Å²) in [7, 11) is 2.17. The lowest BCUT2D eigenvalue weighted by Crippen LogP contribution is -2.29. The maximum atomic E-state index is 13.3. The molecule has 2 atom stereocenters. The van der Waals surface area contributed by atoms with Crippen LogP contribution in [-0.4, -0.2) is 31.6 Å². The second-order valence-corrected chi connectivity index (χ2v) is 5.73. The first-order chi connectivity index (χ1) is 9.56. The zero-order valence-corrected chi connectivity index (χ0v) is 13.3. The molecule has 2 unspecified atom stereocenters. The second-order valence-electron chi connectivity index (χ2n) is 5.73. The predicted octanol–water partition coefficient (Wildman–Crippen LogP) is 3.84. The fourth-order valence-corrected chi connectivity index (χ4v) is 2.46. The summed E-state index contributed by atoms with van der Waals surface area (Å²) in [4.78, 5) is 2.37. The van der Waals surface area contributed by atoms with Crippen molar-refractivity contribution in [2.75, 3.05) is 26.7 Å². The Morgan fingerprint density at radius 1 is 1.30 bits per heavy atom. The molecule has 0 spiro atoms. The van der Waals surface area contributed by atoms with Crippen LogP contribution >= 0.6 is 0 Å². The number of halogens is 1. The molecule has 0 aliphatic rings. The molecule has 0 aliphatic carbocycles. The molecule has 2 nitrogen and oxygen atoms in total. The summed E-state index contributed by atoms with van der Waals surface area (Å²) < 4.78 is 13.3. The van der Waals surface area contributed by atoms with Crippen molar-refractivity contribution in [1.29, 1.82) is 0 Å². The molecule has 0 amide bonds. The van der Waals surface area contributed by atoms with E-state index >= 15 is 0 Å². The van der Waals surface area contributed by atoms with Crippen molar-refractivity contribution < 1.29 is 4.39 Å². The number of hydrogen-bond donors (Lipinski definition) is 1. The van der Waals surface area contributed by atoms with Gasteiger partial charge in [0.15, 0.2) is 0 Å². The van der Waals surface area contributed by atoms with Gasteiger partial charge in [-0.2, -0.15) is 0 Å². The van der Waals surface area contributed by atoms with Gasteiger partial charge in [0.05, 0.1) is 0 Å². The monoisotopic (exact) mass is 280 g/mol. The van der Waals surface area contributed by atoms with Gasteiger partial charge in [-0.1, -0.05) is 39.3 Å². The zero-order valence-electron chi connectivity index (χ0n) is 13.3. The van der Waals surface area contributed by atoms with E-state index in [0.717, 1.165) is 37.5 Å². The molecular weight excluding hydrogens is 251 g/mol. The summed E-state index contributed by atoms with van der Waals surface area (Å²) in [5, 5.41) is 3.46. The minimum atomic E-state index is -0.154. The van der Waals surface area contributed by atoms with E-state index in [1.165, 1.54) is 12.5 Å². The second kappa shape index (κ2) is 9.09. The Balaban J connectivity index is 2.55. The average molecular weight is 280 g/mol. The molecule has 0 aliphatic heterocycles. The summed E-state index contributed by atoms with van der Waals surface area (Å²) in [6.45, 7) is 9.65. The van der Waals surface area contributed by atoms with Crippen LogP contribution in [0, 0.1) is 11.7 Å². The summed E-state index contributed by atoms with van der Waals surface area (Å²) in [5.41, 5.74) is 1.05. The Labute approximate surface area is 123 Å². The van der Waals surface area contributed by atoms with Crippen molar-refractivity contribution in [3.8, 4) is 0 Å². The fraction of sp³-hybridized carbons (Fsp3) is 0.647. The molecule has 114 valence electrons. The van der Waals surface area contributed by atoms with Gasteiger partial charge < -0.3 is 10.2 Å². The molecule has 0 heterocycles. The van der Waals surface area contributed by atoms with Crippen LogP contribution in [0.25, 0.3) is 0 Å². The van der Waals surface area contributed by atoms with E-state index in [4.69, 9.17) is 0 Å². The summed E-state index contributed by atoms with van der Waals surface area (Å²) in [5.74, 6) is 0.574. The first-order valence-corrected chi connectivity index (χ1v) is 7.74. The minimum absolute atomic E-state index is 0.154. The van der Waals surface area contributed by atoms with Crippen molar-refractivity contribution in [3.63, 3.8) is 0 Å². The Morgan fingerprint density at radius 2 is 2.05 bits per heavy atom. The largest absolute Gasteiger partial charge is 0.310 e. The van der Waals surface area contributed by atoms with Crippen LogP contribution in [-0.2, 0) is 0 Å². The Morgan fingerprint density at radius 3 is 2.65 bits per heavy atom. The lowest BCUT2D eigenvalue weighted by molar-refractivity contribution is 0.266. The molecule has 1 aromatic rings. The molecule has 1 N–H and O–H groups in total. The molecular formula is C17H29FN2. The van der Waals surface area contributed by atoms with Crippen LogP contribution in [0.5, 0.6) is 0 Å². The average Bonchev–Trinajstić information content (AvgIpc) is 2.43. The van der Waals surface area contributed by atoms with Crippen LogP contribution in [0.3, 0.4) is 0 Å². The van der Waals surface area contributed by atoms with E-state index < -0.39 is 0 Å². The van der Waals surface area contributed by atoms with Gasteiger partial charge in [0.2, 0.25) is 0 Å². The minimum Gasteiger partial charge on any atom is -0.310 e. The molecule has 0 fully saturated rings. The van der Waals surface area contributed by atoms with Gasteiger partial charge >= 0.3 is 0 Å². The van der Waals surface area contributed by atoms with Gasteiger partial charge in [-0.15, -0.1) is 0 Å². The van der Waals surface area contributed by atoms with Gasteiger partial charge in [-0.25, -0.2) is 4.39 Å². The molecule has 0 saturated heterocycles. The highest BCUT2D eigenvalue weighted by Crippen LogP contribution is 2.18. The van der Waals surface area contributed by atoms with Crippen LogP contribution in [0.2, 0.25) is 0 Å². The van der Waals surface area contributed by atoms with Gasteiger partial charge in [-0.3, -0.25) is 0 Å². The van der Waals surface area contributed by atoms with E-state index in [1.54, 1.807) is 12.1 Å². The van der Waals surface area contributed by atoms with Gasteiger partial charge in [0, 0.05) is 12.6 Å². The third-order valence-electron chi connectivity index (χ3n) is 3.82. The molecule has 0 saturated carbocycles. The van der Waals surface area contributed by atoms with Crippen molar-refractivity contribution in [2.45, 2.75) is 39.7 Å². The first kappa shape index (κ1) is 17.1. The number of rotatable bonds is 9. The number of nitrogens with one attached hydrogen (secondary N) is 1. The van der Waals surface area contributed by atoms with Gasteiger partial charge in [0.25, 0.3) is 0 Å². The summed E-state index contributed by atoms with van der Waals surface area (Å²) in [6.07, 6.45) is 2.22. The summed E-state index contributed by atoms with van der Waals surface area (Å²) in [6, 6.07) is 7.17. The van der Waals surface area contributed by atoms with E-state index in [1.807, 2.05) is 6.07 Å². The number of nitrogens with zero attached hydrogens (tertiary/aromatic N) is 1. The van der Waals surface area contributed by atoms with Crippen molar-refractivity contribution >= 4 is 0 Å². The Hall–Kier alpha value is -0.930. The van der Waals surface area contributed by atoms with Crippen LogP contribution in [0.1, 0.15) is 45.2 Å². The maximum absolute atomic E-state index is 13.3. The van der Waals surface area contributed by atoms with E-state index in [2.05, 4.69) is 38.0 Å². The quantitative estimate of drug-likeness (QED) is 0.739. The molecule has 0 bridgehead atoms. The van der Waals surface area contributed by atoms with Crippen molar-refractivity contribution in [2.24, 2.45) is 5.92 Å². The molecule has 3 heteroatoms. The van der Waals surface area contributed by atoms with Crippen LogP contribution in [0.15, 0.2) is 24.3 Å². The lowest BCUT2D eigenvalue weighted by atomic mass is 10.0. The zero-order chi connectivity index (χ0) is 15.0. The number of hydrogen-bond acceptors (Lipinski definition) is 2. The molecule has 0 radical (unpaired) electrons. The lowest BCUT2D eigenvalue weighted by Gasteiger charge is -2.24. The van der Waals surface area contributed by atoms with E-state index in [-0.39, 0.29) is 11.9 Å². The topological polar surface area (TPSA) is 15.3 Å². The highest BCUT2D eigenvalue weighted by molar-refractivity contribution is 5.20. The maximum Gasteiger partial charge on any atom is 0.123 e. The molecule has 0 aromatic heterocycles. The molecule has 1 rings (SSSR count). The fourth-order valence-electron chi connectivity index (χ4n) is 2.46. The van der Waals surface area contributed by atoms with Gasteiger partial charge in [-0.05, 0) is 50.2 Å². The standard InChI is InChI=1S/C17H29FN2/c1-5-14(3)13-20(4)11-10-17(19-6-2)15-8-7-9-16(18)12-15/h7-9,12,14,17,19H,5-6,10-11,13H2,1-4H3. The van der Waals surface area contributed by atoms with Crippen molar-refractivity contribution in [1.82, 2.24) is 10.2 Å². The summed E-state index contributed by atoms with van der Waals surface area (Å²) >= 11 is 0. The third kappa shape index (κ3) is 6.02. The molecule has 1 aromatic carbocycles. The van der Waals surface area contributed by atoms with Gasteiger partial charge in [0.1, 0.15) is 5.82 Å². The van der Waals surface area contributed by atoms with E-state index in [0.29, 0.717) is 0 Å². The smallest absolute Gasteiger partial charge is 0.123 e. The SMILES string of the molecule is CCNC(CCN(C)CC(C)CC)c1cccc(F)c1. The Kier molecular flexibility index (Phi) is 7.78. The highest BCUT2D eigenvalue weighted by Gasteiger charge is 2.12. The van der Waals surface area contributed by atoms with E-state index in [9.17, 15) is 4.39 Å². The van der Waals surface area contributed by atoms with Crippen LogP contribution < -0.4 is 5.32 Å². The highest BCUT2D eigenvalue weighted by atomic mass is 19.1. The van der Waals surface area contributed by atoms with Crippen molar-refractivity contribution in [3.05, 3.63) is 35.6 Å². The molecule has 20 heavy (non-hydrogen) atoms. The number of benzene rings is 1. The first-order valence-electron chi connectivity index (χ1n) is 7.74. The third-order valence-corrected chi connectivity index (χ3v) is 3.82. The normalized spacial score (nSPS) is 14.5.